The summed E-state index contributed by atoms with van der Waals surface area (Å²) in [6, 6.07) is 0. The fourth-order valence-electron chi connectivity index (χ4n) is 2.49. The fraction of sp³-hybridized carbons (Fsp3) is 0.667. The molecule has 2 aliphatic rings. The van der Waals surface area contributed by atoms with E-state index in [2.05, 4.69) is 11.7 Å². The molecule has 0 amide bonds. The lowest BCUT2D eigenvalue weighted by molar-refractivity contribution is -0.171. The number of hydrogen-bond acceptors (Lipinski definition) is 4. The van der Waals surface area contributed by atoms with Gasteiger partial charge < -0.3 is 9.57 Å². The van der Waals surface area contributed by atoms with Gasteiger partial charge in [0.15, 0.2) is 0 Å². The third kappa shape index (κ3) is 1.62. The van der Waals surface area contributed by atoms with Crippen molar-refractivity contribution < 1.29 is 14.4 Å². The van der Waals surface area contributed by atoms with Crippen molar-refractivity contribution in [1.29, 1.82) is 0 Å². The summed E-state index contributed by atoms with van der Waals surface area (Å²) in [5.41, 5.74) is 0.101. The van der Waals surface area contributed by atoms with Gasteiger partial charge in [0.1, 0.15) is 0 Å². The third-order valence-corrected chi connectivity index (χ3v) is 3.36. The topological polar surface area (TPSA) is 47.9 Å². The molecule has 0 radical (unpaired) electrons. The predicted octanol–water partition coefficient (Wildman–Crippen LogP) is 2.05. The lowest BCUT2D eigenvalue weighted by Crippen LogP contribution is -2.43. The van der Waals surface area contributed by atoms with Crippen molar-refractivity contribution in [2.45, 2.75) is 38.2 Å². The van der Waals surface area contributed by atoms with Crippen molar-refractivity contribution in [3.05, 3.63) is 12.7 Å². The van der Waals surface area contributed by atoms with E-state index in [0.29, 0.717) is 19.4 Å². The molecule has 0 N–H and O–H groups in total. The Morgan fingerprint density at radius 1 is 1.81 bits per heavy atom. The molecule has 4 nitrogen and oxygen atoms in total. The molecule has 16 heavy (non-hydrogen) atoms. The van der Waals surface area contributed by atoms with Crippen LogP contribution in [0.1, 0.15) is 32.6 Å². The molecule has 1 fully saturated rings. The lowest BCUT2D eigenvalue weighted by atomic mass is 9.88. The third-order valence-electron chi connectivity index (χ3n) is 3.36. The number of nitrogens with zero attached hydrogens (tertiary/aromatic N) is 1. The molecule has 0 spiro atoms. The second-order valence-electron chi connectivity index (χ2n) is 4.37. The number of fused-ring (bicyclic) bond motifs is 1. The Balaban J connectivity index is 2.02. The molecule has 1 aliphatic carbocycles. The normalized spacial score (nSPS) is 31.6. The maximum absolute atomic E-state index is 12.0. The number of carbonyl (C=O) groups excluding carboxylic acids is 1. The van der Waals surface area contributed by atoms with E-state index < -0.39 is 5.60 Å². The number of ether oxygens (including phenoxy) is 1. The Labute approximate surface area is 95.3 Å². The van der Waals surface area contributed by atoms with Crippen LogP contribution in [-0.4, -0.2) is 23.9 Å². The van der Waals surface area contributed by atoms with Gasteiger partial charge in [-0.25, -0.2) is 4.79 Å². The van der Waals surface area contributed by atoms with Gasteiger partial charge in [0.2, 0.25) is 5.60 Å². The van der Waals surface area contributed by atoms with Gasteiger partial charge >= 0.3 is 5.97 Å². The Morgan fingerprint density at radius 2 is 2.62 bits per heavy atom. The predicted molar refractivity (Wildman–Crippen MR) is 60.0 cm³/mol. The fourth-order valence-corrected chi connectivity index (χ4v) is 2.49. The van der Waals surface area contributed by atoms with E-state index in [4.69, 9.17) is 9.57 Å². The largest absolute Gasteiger partial charge is 0.462 e. The van der Waals surface area contributed by atoms with Crippen molar-refractivity contribution in [1.82, 2.24) is 0 Å². The molecule has 4 heteroatoms. The van der Waals surface area contributed by atoms with Crippen LogP contribution in [-0.2, 0) is 14.4 Å². The lowest BCUT2D eigenvalue weighted by Gasteiger charge is -2.24. The van der Waals surface area contributed by atoms with E-state index in [0.717, 1.165) is 18.6 Å². The minimum Gasteiger partial charge on any atom is -0.462 e. The van der Waals surface area contributed by atoms with Crippen molar-refractivity contribution in [2.24, 2.45) is 11.1 Å². The molecule has 0 aromatic heterocycles. The smallest absolute Gasteiger partial charge is 0.354 e. The number of hydrogen-bond donors (Lipinski definition) is 0. The molecular formula is C12H17NO3. The van der Waals surface area contributed by atoms with E-state index in [-0.39, 0.29) is 11.9 Å². The molecule has 0 bridgehead atoms. The van der Waals surface area contributed by atoms with Gasteiger partial charge in [-0.05, 0) is 26.2 Å². The van der Waals surface area contributed by atoms with Crippen LogP contribution in [0.15, 0.2) is 17.8 Å². The highest BCUT2D eigenvalue weighted by Gasteiger charge is 2.57. The first kappa shape index (κ1) is 11.2. The molecule has 2 atom stereocenters. The van der Waals surface area contributed by atoms with Gasteiger partial charge in [-0.1, -0.05) is 11.2 Å². The molecule has 2 rings (SSSR count). The Hall–Kier alpha value is -1.32. The highest BCUT2D eigenvalue weighted by Crippen LogP contribution is 2.44. The van der Waals surface area contributed by atoms with Gasteiger partial charge in [0.25, 0.3) is 0 Å². The average molecular weight is 223 g/mol. The SMILES string of the molecule is C=CCCOC(=O)C12CCCC1C(C)=NO2. The first-order valence-corrected chi connectivity index (χ1v) is 5.71. The molecule has 1 aliphatic heterocycles. The Morgan fingerprint density at radius 3 is 3.38 bits per heavy atom. The molecule has 88 valence electrons. The molecule has 0 saturated heterocycles. The molecule has 2 unspecified atom stereocenters. The number of carbonyl (C=O) groups is 1. The van der Waals surface area contributed by atoms with Crippen LogP contribution in [0.4, 0.5) is 0 Å². The van der Waals surface area contributed by atoms with Crippen LogP contribution in [0.3, 0.4) is 0 Å². The summed E-state index contributed by atoms with van der Waals surface area (Å²) < 4.78 is 5.21. The minimum absolute atomic E-state index is 0.115. The Bertz CT molecular complexity index is 337. The van der Waals surface area contributed by atoms with Crippen molar-refractivity contribution >= 4 is 11.7 Å². The average Bonchev–Trinajstić information content (AvgIpc) is 2.81. The van der Waals surface area contributed by atoms with Gasteiger partial charge in [0.05, 0.1) is 18.2 Å². The van der Waals surface area contributed by atoms with Crippen LogP contribution < -0.4 is 0 Å². The van der Waals surface area contributed by atoms with E-state index in [1.807, 2.05) is 6.92 Å². The zero-order chi connectivity index (χ0) is 11.6. The van der Waals surface area contributed by atoms with Crippen molar-refractivity contribution in [3.8, 4) is 0 Å². The van der Waals surface area contributed by atoms with Crippen molar-refractivity contribution in [2.75, 3.05) is 6.61 Å². The van der Waals surface area contributed by atoms with Crippen LogP contribution in [0.5, 0.6) is 0 Å². The quantitative estimate of drug-likeness (QED) is 0.416. The van der Waals surface area contributed by atoms with Crippen LogP contribution in [0.2, 0.25) is 0 Å². The molecular weight excluding hydrogens is 206 g/mol. The summed E-state index contributed by atoms with van der Waals surface area (Å²) in [6.45, 7) is 5.87. The Kier molecular flexibility index (Phi) is 2.99. The highest BCUT2D eigenvalue weighted by molar-refractivity contribution is 5.95. The molecule has 0 aromatic rings. The first-order chi connectivity index (χ1) is 7.70. The summed E-state index contributed by atoms with van der Waals surface area (Å²) in [4.78, 5) is 17.4. The summed E-state index contributed by atoms with van der Waals surface area (Å²) in [6.07, 6.45) is 5.08. The summed E-state index contributed by atoms with van der Waals surface area (Å²) in [7, 11) is 0. The zero-order valence-corrected chi connectivity index (χ0v) is 9.57. The van der Waals surface area contributed by atoms with Gasteiger partial charge in [0, 0.05) is 6.42 Å². The van der Waals surface area contributed by atoms with Gasteiger partial charge in [-0.3, -0.25) is 0 Å². The van der Waals surface area contributed by atoms with Crippen LogP contribution >= 0.6 is 0 Å². The second kappa shape index (κ2) is 4.28. The van der Waals surface area contributed by atoms with Crippen LogP contribution in [0.25, 0.3) is 0 Å². The summed E-state index contributed by atoms with van der Waals surface area (Å²) in [5, 5.41) is 3.94. The monoisotopic (exact) mass is 223 g/mol. The maximum atomic E-state index is 12.0. The number of rotatable bonds is 4. The summed E-state index contributed by atoms with van der Waals surface area (Å²) >= 11 is 0. The van der Waals surface area contributed by atoms with E-state index in [1.54, 1.807) is 6.08 Å². The minimum atomic E-state index is -0.814. The standard InChI is InChI=1S/C12H17NO3/c1-3-4-8-15-11(14)12-7-5-6-10(12)9(2)13-16-12/h3,10H,1,4-8H2,2H3. The second-order valence-corrected chi connectivity index (χ2v) is 4.37. The zero-order valence-electron chi connectivity index (χ0n) is 9.57. The van der Waals surface area contributed by atoms with E-state index in [1.165, 1.54) is 0 Å². The number of esters is 1. The molecule has 1 saturated carbocycles. The summed E-state index contributed by atoms with van der Waals surface area (Å²) in [5.74, 6) is -0.152. The van der Waals surface area contributed by atoms with Crippen LogP contribution in [0, 0.1) is 5.92 Å². The van der Waals surface area contributed by atoms with Gasteiger partial charge in [-0.2, -0.15) is 0 Å². The highest BCUT2D eigenvalue weighted by atomic mass is 16.7. The van der Waals surface area contributed by atoms with E-state index >= 15 is 0 Å². The first-order valence-electron chi connectivity index (χ1n) is 5.71. The van der Waals surface area contributed by atoms with Crippen molar-refractivity contribution in [3.63, 3.8) is 0 Å². The van der Waals surface area contributed by atoms with Gasteiger partial charge in [-0.15, -0.1) is 6.58 Å². The molecule has 0 aromatic carbocycles. The molecule has 1 heterocycles. The number of oxime groups is 1. The maximum Gasteiger partial charge on any atom is 0.354 e. The van der Waals surface area contributed by atoms with E-state index in [9.17, 15) is 4.79 Å².